The molecule has 4 rings (SSSR count). The van der Waals surface area contributed by atoms with Gasteiger partial charge >= 0.3 is 0 Å². The predicted octanol–water partition coefficient (Wildman–Crippen LogP) is 4.54. The minimum absolute atomic E-state index is 0.684. The molecular weight excluding hydrogens is 322 g/mol. The number of anilines is 2. The van der Waals surface area contributed by atoms with E-state index in [1.807, 2.05) is 10.9 Å². The van der Waals surface area contributed by atoms with Gasteiger partial charge < -0.3 is 5.32 Å². The highest BCUT2D eigenvalue weighted by Crippen LogP contribution is 2.24. The highest BCUT2D eigenvalue weighted by atomic mass is 15.3. The molecule has 130 valence electrons. The van der Waals surface area contributed by atoms with Gasteiger partial charge in [0.2, 0.25) is 0 Å². The number of hydrogen-bond donors (Lipinski definition) is 1. The van der Waals surface area contributed by atoms with Gasteiger partial charge in [0.15, 0.2) is 5.65 Å². The van der Waals surface area contributed by atoms with Crippen LogP contribution < -0.4 is 5.32 Å². The Morgan fingerprint density at radius 2 is 1.73 bits per heavy atom. The van der Waals surface area contributed by atoms with E-state index in [4.69, 9.17) is 0 Å². The summed E-state index contributed by atoms with van der Waals surface area (Å²) in [5.41, 5.74) is 6.81. The molecule has 0 unspecified atom stereocenters. The zero-order valence-electron chi connectivity index (χ0n) is 15.2. The monoisotopic (exact) mass is 343 g/mol. The van der Waals surface area contributed by atoms with Crippen LogP contribution in [-0.4, -0.2) is 19.7 Å². The smallest absolute Gasteiger partial charge is 0.163 e. The van der Waals surface area contributed by atoms with Crippen molar-refractivity contribution in [1.82, 2.24) is 19.7 Å². The first-order valence-electron chi connectivity index (χ1n) is 8.66. The zero-order chi connectivity index (χ0) is 18.1. The Balaban J connectivity index is 1.66. The van der Waals surface area contributed by atoms with Crippen LogP contribution >= 0.6 is 0 Å². The van der Waals surface area contributed by atoms with Crippen LogP contribution in [0, 0.1) is 20.8 Å². The predicted molar refractivity (Wildman–Crippen MR) is 105 cm³/mol. The summed E-state index contributed by atoms with van der Waals surface area (Å²) in [4.78, 5) is 8.85. The number of hydrogen-bond acceptors (Lipinski definition) is 4. The molecule has 0 radical (unpaired) electrons. The van der Waals surface area contributed by atoms with Gasteiger partial charge in [0.25, 0.3) is 0 Å². The lowest BCUT2D eigenvalue weighted by Crippen LogP contribution is -2.03. The number of benzene rings is 2. The third-order valence-electron chi connectivity index (χ3n) is 4.66. The highest BCUT2D eigenvalue weighted by molar-refractivity contribution is 5.88. The molecule has 0 bridgehead atoms. The lowest BCUT2D eigenvalue weighted by molar-refractivity contribution is 0.703. The van der Waals surface area contributed by atoms with Crippen LogP contribution in [0.2, 0.25) is 0 Å². The van der Waals surface area contributed by atoms with E-state index in [-0.39, 0.29) is 0 Å². The molecule has 0 aliphatic rings. The second kappa shape index (κ2) is 6.59. The molecule has 0 fully saturated rings. The summed E-state index contributed by atoms with van der Waals surface area (Å²) in [6, 6.07) is 14.8. The van der Waals surface area contributed by atoms with Crippen LogP contribution in [0.5, 0.6) is 0 Å². The lowest BCUT2D eigenvalue weighted by Gasteiger charge is -2.09. The van der Waals surface area contributed by atoms with Gasteiger partial charge in [-0.15, -0.1) is 0 Å². The summed E-state index contributed by atoms with van der Waals surface area (Å²) >= 11 is 0. The summed E-state index contributed by atoms with van der Waals surface area (Å²) < 4.78 is 1.91. The summed E-state index contributed by atoms with van der Waals surface area (Å²) in [5.74, 6) is 0.772. The Bertz CT molecular complexity index is 1060. The maximum Gasteiger partial charge on any atom is 0.163 e. The van der Waals surface area contributed by atoms with Gasteiger partial charge in [0, 0.05) is 5.69 Å². The maximum absolute atomic E-state index is 4.52. The lowest BCUT2D eigenvalue weighted by atomic mass is 10.1. The third kappa shape index (κ3) is 3.16. The Morgan fingerprint density at radius 3 is 2.50 bits per heavy atom. The summed E-state index contributed by atoms with van der Waals surface area (Å²) in [6.07, 6.45) is 3.41. The fourth-order valence-corrected chi connectivity index (χ4v) is 2.93. The molecular formula is C21H21N5. The number of nitrogens with one attached hydrogen (secondary N) is 1. The molecule has 1 N–H and O–H groups in total. The number of nitrogens with zero attached hydrogens (tertiary/aromatic N) is 4. The second-order valence-electron chi connectivity index (χ2n) is 6.67. The van der Waals surface area contributed by atoms with Crippen LogP contribution in [-0.2, 0) is 6.54 Å². The Labute approximate surface area is 152 Å². The SMILES string of the molecule is Cc1ccc(Cn2ncc3c(Nc4ccc(C)c(C)c4)ncnc32)cc1. The quantitative estimate of drug-likeness (QED) is 0.591. The van der Waals surface area contributed by atoms with Crippen molar-refractivity contribution in [3.05, 3.63) is 77.2 Å². The van der Waals surface area contributed by atoms with Gasteiger partial charge in [-0.25, -0.2) is 14.6 Å². The van der Waals surface area contributed by atoms with Crippen LogP contribution in [0.25, 0.3) is 11.0 Å². The Hall–Kier alpha value is -3.21. The van der Waals surface area contributed by atoms with Crippen molar-refractivity contribution >= 4 is 22.5 Å². The Morgan fingerprint density at radius 1 is 0.923 bits per heavy atom. The van der Waals surface area contributed by atoms with E-state index >= 15 is 0 Å². The maximum atomic E-state index is 4.52. The molecule has 5 nitrogen and oxygen atoms in total. The first kappa shape index (κ1) is 16.3. The van der Waals surface area contributed by atoms with Gasteiger partial charge in [-0.2, -0.15) is 5.10 Å². The van der Waals surface area contributed by atoms with Crippen LogP contribution in [0.15, 0.2) is 55.0 Å². The van der Waals surface area contributed by atoms with Crippen LogP contribution in [0.3, 0.4) is 0 Å². The minimum Gasteiger partial charge on any atom is -0.340 e. The molecule has 2 heterocycles. The van der Waals surface area contributed by atoms with Crippen LogP contribution in [0.1, 0.15) is 22.3 Å². The van der Waals surface area contributed by atoms with Crippen molar-refractivity contribution in [2.75, 3.05) is 5.32 Å². The molecule has 2 aromatic carbocycles. The van der Waals surface area contributed by atoms with Gasteiger partial charge in [-0.1, -0.05) is 35.9 Å². The average Bonchev–Trinajstić information content (AvgIpc) is 3.04. The normalized spacial score (nSPS) is 11.0. The number of aryl methyl sites for hydroxylation is 3. The topological polar surface area (TPSA) is 55.6 Å². The minimum atomic E-state index is 0.684. The molecule has 26 heavy (non-hydrogen) atoms. The van der Waals surface area contributed by atoms with Crippen molar-refractivity contribution in [2.45, 2.75) is 27.3 Å². The molecule has 5 heteroatoms. The average molecular weight is 343 g/mol. The van der Waals surface area contributed by atoms with Gasteiger partial charge in [0.05, 0.1) is 18.1 Å². The van der Waals surface area contributed by atoms with E-state index in [1.54, 1.807) is 6.33 Å². The first-order chi connectivity index (χ1) is 12.6. The van der Waals surface area contributed by atoms with E-state index in [0.29, 0.717) is 6.54 Å². The number of aromatic nitrogens is 4. The van der Waals surface area contributed by atoms with Crippen molar-refractivity contribution in [3.63, 3.8) is 0 Å². The summed E-state index contributed by atoms with van der Waals surface area (Å²) in [6.45, 7) is 6.99. The van der Waals surface area contributed by atoms with E-state index in [2.05, 4.69) is 83.6 Å². The van der Waals surface area contributed by atoms with Gasteiger partial charge in [-0.05, 0) is 49.6 Å². The second-order valence-corrected chi connectivity index (χ2v) is 6.67. The highest BCUT2D eigenvalue weighted by Gasteiger charge is 2.10. The molecule has 0 aliphatic heterocycles. The molecule has 0 spiro atoms. The number of rotatable bonds is 4. The van der Waals surface area contributed by atoms with E-state index in [9.17, 15) is 0 Å². The summed E-state index contributed by atoms with van der Waals surface area (Å²) in [5, 5.41) is 8.83. The van der Waals surface area contributed by atoms with E-state index in [1.165, 1.54) is 22.3 Å². The molecule has 0 saturated carbocycles. The number of fused-ring (bicyclic) bond motifs is 1. The van der Waals surface area contributed by atoms with E-state index in [0.717, 1.165) is 22.5 Å². The largest absolute Gasteiger partial charge is 0.340 e. The summed E-state index contributed by atoms with van der Waals surface area (Å²) in [7, 11) is 0. The third-order valence-corrected chi connectivity index (χ3v) is 4.66. The van der Waals surface area contributed by atoms with Gasteiger partial charge in [0.1, 0.15) is 12.1 Å². The van der Waals surface area contributed by atoms with E-state index < -0.39 is 0 Å². The molecule has 2 aromatic heterocycles. The molecule has 0 amide bonds. The molecule has 0 atom stereocenters. The van der Waals surface area contributed by atoms with Crippen LogP contribution in [0.4, 0.5) is 11.5 Å². The standard InChI is InChI=1S/C21H21N5/c1-14-4-7-17(8-5-14)12-26-21-19(11-24-26)20(22-13-23-21)25-18-9-6-15(2)16(3)10-18/h4-11,13H,12H2,1-3H3,(H,22,23,25). The van der Waals surface area contributed by atoms with Crippen molar-refractivity contribution in [3.8, 4) is 0 Å². The fraction of sp³-hybridized carbons (Fsp3) is 0.190. The zero-order valence-corrected chi connectivity index (χ0v) is 15.2. The molecule has 0 saturated heterocycles. The van der Waals surface area contributed by atoms with Crippen molar-refractivity contribution < 1.29 is 0 Å². The van der Waals surface area contributed by atoms with Crippen molar-refractivity contribution in [1.29, 1.82) is 0 Å². The van der Waals surface area contributed by atoms with Crippen molar-refractivity contribution in [2.24, 2.45) is 0 Å². The van der Waals surface area contributed by atoms with Gasteiger partial charge in [-0.3, -0.25) is 0 Å². The fourth-order valence-electron chi connectivity index (χ4n) is 2.93. The molecule has 4 aromatic rings. The Kier molecular flexibility index (Phi) is 4.13. The molecule has 0 aliphatic carbocycles. The first-order valence-corrected chi connectivity index (χ1v) is 8.66.